The van der Waals surface area contributed by atoms with Gasteiger partial charge in [0.15, 0.2) is 11.5 Å². The van der Waals surface area contributed by atoms with Crippen LogP contribution in [0.1, 0.15) is 62.7 Å². The van der Waals surface area contributed by atoms with Crippen molar-refractivity contribution in [2.75, 3.05) is 0 Å². The summed E-state index contributed by atoms with van der Waals surface area (Å²) in [6.07, 6.45) is 0.933. The van der Waals surface area contributed by atoms with Gasteiger partial charge in [-0.05, 0) is 62.4 Å². The van der Waals surface area contributed by atoms with E-state index in [0.717, 1.165) is 38.2 Å². The molecule has 0 saturated heterocycles. The van der Waals surface area contributed by atoms with Crippen molar-refractivity contribution in [3.8, 4) is 17.2 Å². The van der Waals surface area contributed by atoms with Crippen molar-refractivity contribution in [2.24, 2.45) is 5.92 Å². The first-order valence-corrected chi connectivity index (χ1v) is 10.6. The first kappa shape index (κ1) is 23.0. The molecule has 1 fully saturated rings. The van der Waals surface area contributed by atoms with Gasteiger partial charge in [0.2, 0.25) is 0 Å². The number of rotatable bonds is 7. The predicted molar refractivity (Wildman–Crippen MR) is 110 cm³/mol. The fraction of sp³-hybridized carbons (Fsp3) is 0.458. The zero-order valence-electron chi connectivity index (χ0n) is 17.7. The second-order valence-corrected chi connectivity index (χ2v) is 8.02. The van der Waals surface area contributed by atoms with Gasteiger partial charge in [-0.2, -0.15) is 0 Å². The molecule has 0 aliphatic heterocycles. The standard InChI is InChI=1S/C24H27F3O4/c1-3-23(2,18-10-6-4-7-11-18)30-21-16-17(14-15-20(21)31-24(25,26)27)22(28)29-19-12-8-5-9-13-19/h5,8-9,12-16,18H,3-4,6-7,10-11H2,1-2H3. The van der Waals surface area contributed by atoms with Crippen LogP contribution in [0, 0.1) is 5.92 Å². The van der Waals surface area contributed by atoms with Crippen LogP contribution >= 0.6 is 0 Å². The normalized spacial score (nSPS) is 16.9. The quantitative estimate of drug-likeness (QED) is 0.349. The smallest absolute Gasteiger partial charge is 0.483 e. The van der Waals surface area contributed by atoms with Crippen LogP contribution in [0.4, 0.5) is 13.2 Å². The van der Waals surface area contributed by atoms with Crippen LogP contribution < -0.4 is 14.2 Å². The van der Waals surface area contributed by atoms with Crippen molar-refractivity contribution in [1.82, 2.24) is 0 Å². The molecule has 1 aliphatic rings. The summed E-state index contributed by atoms with van der Waals surface area (Å²) in [5.74, 6) is -0.726. The summed E-state index contributed by atoms with van der Waals surface area (Å²) < 4.78 is 54.6. The van der Waals surface area contributed by atoms with Gasteiger partial charge in [-0.1, -0.05) is 44.4 Å². The minimum atomic E-state index is -4.88. The van der Waals surface area contributed by atoms with E-state index in [9.17, 15) is 18.0 Å². The highest BCUT2D eigenvalue weighted by Gasteiger charge is 2.38. The molecule has 0 heterocycles. The monoisotopic (exact) mass is 436 g/mol. The van der Waals surface area contributed by atoms with Crippen molar-refractivity contribution in [1.29, 1.82) is 0 Å². The van der Waals surface area contributed by atoms with Gasteiger partial charge >= 0.3 is 12.3 Å². The molecule has 3 rings (SSSR count). The molecular weight excluding hydrogens is 409 g/mol. The van der Waals surface area contributed by atoms with E-state index in [4.69, 9.17) is 9.47 Å². The van der Waals surface area contributed by atoms with Gasteiger partial charge in [-0.3, -0.25) is 0 Å². The van der Waals surface area contributed by atoms with Gasteiger partial charge in [-0.15, -0.1) is 13.2 Å². The van der Waals surface area contributed by atoms with E-state index in [1.54, 1.807) is 30.3 Å². The number of hydrogen-bond acceptors (Lipinski definition) is 4. The van der Waals surface area contributed by atoms with E-state index in [0.29, 0.717) is 12.2 Å². The lowest BCUT2D eigenvalue weighted by Crippen LogP contribution is -2.41. The van der Waals surface area contributed by atoms with Gasteiger partial charge in [0.1, 0.15) is 11.4 Å². The number of halogens is 3. The molecule has 0 bridgehead atoms. The number of benzene rings is 2. The number of para-hydroxylation sites is 1. The van der Waals surface area contributed by atoms with Crippen LogP contribution in [0.15, 0.2) is 48.5 Å². The van der Waals surface area contributed by atoms with Gasteiger partial charge < -0.3 is 14.2 Å². The molecule has 0 amide bonds. The van der Waals surface area contributed by atoms with Gasteiger partial charge in [0.05, 0.1) is 5.56 Å². The predicted octanol–water partition coefficient (Wildman–Crippen LogP) is 6.93. The Morgan fingerprint density at radius 3 is 2.26 bits per heavy atom. The van der Waals surface area contributed by atoms with Crippen molar-refractivity contribution in [2.45, 2.75) is 64.3 Å². The van der Waals surface area contributed by atoms with Crippen molar-refractivity contribution in [3.05, 3.63) is 54.1 Å². The molecule has 1 aliphatic carbocycles. The number of esters is 1. The Labute approximate surface area is 180 Å². The number of hydrogen-bond donors (Lipinski definition) is 0. The Morgan fingerprint density at radius 1 is 0.968 bits per heavy atom. The molecule has 2 aromatic rings. The summed E-state index contributed by atoms with van der Waals surface area (Å²) in [4.78, 5) is 12.6. The fourth-order valence-corrected chi connectivity index (χ4v) is 3.99. The van der Waals surface area contributed by atoms with Crippen LogP contribution in [-0.4, -0.2) is 17.9 Å². The molecule has 0 spiro atoms. The highest BCUT2D eigenvalue weighted by atomic mass is 19.4. The van der Waals surface area contributed by atoms with Crippen LogP contribution in [0.3, 0.4) is 0 Å². The first-order chi connectivity index (χ1) is 14.7. The summed E-state index contributed by atoms with van der Waals surface area (Å²) in [7, 11) is 0. The minimum Gasteiger partial charge on any atom is -0.483 e. The Bertz CT molecular complexity index is 876. The van der Waals surface area contributed by atoms with Crippen LogP contribution in [-0.2, 0) is 0 Å². The van der Waals surface area contributed by atoms with Crippen molar-refractivity contribution in [3.63, 3.8) is 0 Å². The fourth-order valence-electron chi connectivity index (χ4n) is 3.99. The molecule has 31 heavy (non-hydrogen) atoms. The Balaban J connectivity index is 1.90. The topological polar surface area (TPSA) is 44.8 Å². The molecule has 1 saturated carbocycles. The first-order valence-electron chi connectivity index (χ1n) is 10.6. The highest BCUT2D eigenvalue weighted by molar-refractivity contribution is 5.91. The van der Waals surface area contributed by atoms with Crippen LogP contribution in [0.25, 0.3) is 0 Å². The third kappa shape index (κ3) is 6.15. The lowest BCUT2D eigenvalue weighted by Gasteiger charge is -2.40. The van der Waals surface area contributed by atoms with E-state index >= 15 is 0 Å². The molecule has 168 valence electrons. The van der Waals surface area contributed by atoms with Crippen LogP contribution in [0.5, 0.6) is 17.2 Å². The number of ether oxygens (including phenoxy) is 3. The molecule has 1 unspecified atom stereocenters. The second kappa shape index (κ2) is 9.62. The molecule has 2 aromatic carbocycles. The van der Waals surface area contributed by atoms with E-state index in [1.165, 1.54) is 12.1 Å². The highest BCUT2D eigenvalue weighted by Crippen LogP contribution is 2.42. The minimum absolute atomic E-state index is 0.0791. The number of alkyl halides is 3. The van der Waals surface area contributed by atoms with E-state index in [-0.39, 0.29) is 17.2 Å². The SMILES string of the molecule is CCC(C)(Oc1cc(C(=O)Oc2ccccc2)ccc1OC(F)(F)F)C1CCCCC1. The number of carbonyl (C=O) groups excluding carboxylic acids is 1. The molecule has 0 N–H and O–H groups in total. The lowest BCUT2D eigenvalue weighted by atomic mass is 9.76. The van der Waals surface area contributed by atoms with Crippen LogP contribution in [0.2, 0.25) is 0 Å². The maximum atomic E-state index is 13.0. The molecule has 1 atom stereocenters. The Kier molecular flexibility index (Phi) is 7.13. The summed E-state index contributed by atoms with van der Waals surface area (Å²) >= 11 is 0. The molecule has 4 nitrogen and oxygen atoms in total. The summed E-state index contributed by atoms with van der Waals surface area (Å²) in [6.45, 7) is 3.86. The Morgan fingerprint density at radius 2 is 1.65 bits per heavy atom. The van der Waals surface area contributed by atoms with Crippen molar-refractivity contribution >= 4 is 5.97 Å². The number of carbonyl (C=O) groups is 1. The van der Waals surface area contributed by atoms with E-state index < -0.39 is 23.7 Å². The molecule has 0 radical (unpaired) electrons. The third-order valence-electron chi connectivity index (χ3n) is 5.87. The third-order valence-corrected chi connectivity index (χ3v) is 5.87. The maximum absolute atomic E-state index is 13.0. The zero-order valence-corrected chi connectivity index (χ0v) is 17.7. The van der Waals surface area contributed by atoms with Gasteiger partial charge in [-0.25, -0.2) is 4.79 Å². The van der Waals surface area contributed by atoms with Gasteiger partial charge in [0.25, 0.3) is 0 Å². The largest absolute Gasteiger partial charge is 0.573 e. The van der Waals surface area contributed by atoms with Gasteiger partial charge in [0, 0.05) is 0 Å². The van der Waals surface area contributed by atoms with E-state index in [2.05, 4.69) is 4.74 Å². The lowest BCUT2D eigenvalue weighted by molar-refractivity contribution is -0.275. The summed E-state index contributed by atoms with van der Waals surface area (Å²) in [5, 5.41) is 0. The zero-order chi connectivity index (χ0) is 22.5. The second-order valence-electron chi connectivity index (χ2n) is 8.02. The average Bonchev–Trinajstić information content (AvgIpc) is 2.75. The van der Waals surface area contributed by atoms with E-state index in [1.807, 2.05) is 13.8 Å². The summed E-state index contributed by atoms with van der Waals surface area (Å²) in [5.41, 5.74) is -0.595. The molecular formula is C24H27F3O4. The maximum Gasteiger partial charge on any atom is 0.573 e. The molecule has 7 heteroatoms. The Hall–Kier alpha value is -2.70. The summed E-state index contributed by atoms with van der Waals surface area (Å²) in [6, 6.07) is 12.1. The molecule has 0 aromatic heterocycles. The van der Waals surface area contributed by atoms with Crippen molar-refractivity contribution < 1.29 is 32.2 Å². The average molecular weight is 436 g/mol.